The SMILES string of the molecule is COc1c(O)cc2oc3cc(O)c(CC=C(C)C)c(O)c3c(=O)c2c1C/C=C(\C)CC/C=C(/C)CO. The van der Waals surface area contributed by atoms with Crippen molar-refractivity contribution in [3.8, 4) is 23.0 Å². The smallest absolute Gasteiger partial charge is 0.204 e. The van der Waals surface area contributed by atoms with Gasteiger partial charge in [0.1, 0.15) is 28.1 Å². The molecule has 0 amide bonds. The molecule has 4 N–H and O–H groups in total. The molecule has 0 unspecified atom stereocenters. The Kier molecular flexibility index (Phi) is 8.48. The Bertz CT molecular complexity index is 1430. The van der Waals surface area contributed by atoms with E-state index in [4.69, 9.17) is 14.3 Å². The lowest BCUT2D eigenvalue weighted by molar-refractivity contribution is 0.331. The average Bonchev–Trinajstić information content (AvgIpc) is 2.81. The highest BCUT2D eigenvalue weighted by molar-refractivity contribution is 5.97. The van der Waals surface area contributed by atoms with Crippen LogP contribution in [0.4, 0.5) is 0 Å². The molecule has 1 heterocycles. The Labute approximate surface area is 210 Å². The molecule has 0 radical (unpaired) electrons. The van der Waals surface area contributed by atoms with E-state index in [1.165, 1.54) is 19.2 Å². The first-order chi connectivity index (χ1) is 17.1. The maximum Gasteiger partial charge on any atom is 0.204 e. The zero-order chi connectivity index (χ0) is 26.6. The number of allylic oxidation sites excluding steroid dienone is 5. The number of ether oxygens (including phenoxy) is 1. The number of aliphatic hydroxyl groups excluding tert-OH is 1. The highest BCUT2D eigenvalue weighted by atomic mass is 16.5. The molecule has 3 aromatic rings. The zero-order valence-electron chi connectivity index (χ0n) is 21.4. The summed E-state index contributed by atoms with van der Waals surface area (Å²) in [5.74, 6) is -0.517. The van der Waals surface area contributed by atoms with Crippen LogP contribution in [0.3, 0.4) is 0 Å². The Morgan fingerprint density at radius 3 is 2.17 bits per heavy atom. The largest absolute Gasteiger partial charge is 0.507 e. The summed E-state index contributed by atoms with van der Waals surface area (Å²) in [6.07, 6.45) is 7.87. The molecule has 36 heavy (non-hydrogen) atoms. The third kappa shape index (κ3) is 5.57. The quantitative estimate of drug-likeness (QED) is 0.220. The second-order valence-corrected chi connectivity index (χ2v) is 9.30. The molecule has 192 valence electrons. The normalized spacial score (nSPS) is 12.4. The van der Waals surface area contributed by atoms with Crippen LogP contribution in [0.25, 0.3) is 21.9 Å². The number of hydrogen-bond donors (Lipinski definition) is 4. The van der Waals surface area contributed by atoms with Crippen molar-refractivity contribution in [3.63, 3.8) is 0 Å². The van der Waals surface area contributed by atoms with E-state index in [-0.39, 0.29) is 63.5 Å². The molecule has 3 rings (SSSR count). The zero-order valence-corrected chi connectivity index (χ0v) is 21.4. The highest BCUT2D eigenvalue weighted by Gasteiger charge is 2.23. The van der Waals surface area contributed by atoms with Crippen molar-refractivity contribution in [1.82, 2.24) is 0 Å². The molecule has 0 spiro atoms. The molecule has 0 bridgehead atoms. The van der Waals surface area contributed by atoms with Gasteiger partial charge in [-0.2, -0.15) is 0 Å². The molecule has 0 atom stereocenters. The fourth-order valence-corrected chi connectivity index (χ4v) is 4.14. The molecule has 0 aliphatic carbocycles. The van der Waals surface area contributed by atoms with Gasteiger partial charge in [0.15, 0.2) is 11.5 Å². The van der Waals surface area contributed by atoms with Gasteiger partial charge in [-0.3, -0.25) is 4.79 Å². The maximum absolute atomic E-state index is 13.7. The van der Waals surface area contributed by atoms with Crippen LogP contribution in [0, 0.1) is 0 Å². The summed E-state index contributed by atoms with van der Waals surface area (Å²) in [5, 5.41) is 41.3. The molecule has 7 heteroatoms. The van der Waals surface area contributed by atoms with Gasteiger partial charge in [0.25, 0.3) is 0 Å². The Hall–Kier alpha value is -3.71. The van der Waals surface area contributed by atoms with Crippen molar-refractivity contribution in [2.75, 3.05) is 13.7 Å². The number of aliphatic hydroxyl groups is 1. The van der Waals surface area contributed by atoms with Crippen molar-refractivity contribution >= 4 is 21.9 Å². The summed E-state index contributed by atoms with van der Waals surface area (Å²) in [4.78, 5) is 13.7. The minimum atomic E-state index is -0.469. The van der Waals surface area contributed by atoms with Crippen molar-refractivity contribution < 1.29 is 29.6 Å². The Morgan fingerprint density at radius 1 is 0.889 bits per heavy atom. The summed E-state index contributed by atoms with van der Waals surface area (Å²) in [6.45, 7) is 7.68. The number of hydrogen-bond acceptors (Lipinski definition) is 7. The maximum atomic E-state index is 13.7. The lowest BCUT2D eigenvalue weighted by Crippen LogP contribution is -2.08. The van der Waals surface area contributed by atoms with Crippen molar-refractivity contribution in [1.29, 1.82) is 0 Å². The highest BCUT2D eigenvalue weighted by Crippen LogP contribution is 2.40. The molecule has 0 saturated carbocycles. The average molecular weight is 495 g/mol. The van der Waals surface area contributed by atoms with Gasteiger partial charge in [0.2, 0.25) is 5.43 Å². The molecule has 0 aliphatic rings. The van der Waals surface area contributed by atoms with Crippen LogP contribution in [0.1, 0.15) is 51.7 Å². The molecule has 0 saturated heterocycles. The van der Waals surface area contributed by atoms with Crippen LogP contribution < -0.4 is 10.2 Å². The number of rotatable bonds is 9. The first kappa shape index (κ1) is 26.9. The minimum absolute atomic E-state index is 0.0247. The van der Waals surface area contributed by atoms with E-state index in [2.05, 4.69) is 0 Å². The number of methoxy groups -OCH3 is 1. The van der Waals surface area contributed by atoms with Crippen LogP contribution in [0.15, 0.2) is 56.3 Å². The predicted octanol–water partition coefficient (Wildman–Crippen LogP) is 5.79. The summed E-state index contributed by atoms with van der Waals surface area (Å²) < 4.78 is 11.3. The van der Waals surface area contributed by atoms with E-state index in [0.717, 1.165) is 29.6 Å². The first-order valence-corrected chi connectivity index (χ1v) is 11.9. The lowest BCUT2D eigenvalue weighted by Gasteiger charge is -2.14. The molecular weight excluding hydrogens is 460 g/mol. The summed E-state index contributed by atoms with van der Waals surface area (Å²) in [5.41, 5.74) is 3.35. The summed E-state index contributed by atoms with van der Waals surface area (Å²) >= 11 is 0. The molecule has 0 aliphatic heterocycles. The third-order valence-electron chi connectivity index (χ3n) is 6.20. The first-order valence-electron chi connectivity index (χ1n) is 11.9. The molecular formula is C29H34O7. The van der Waals surface area contributed by atoms with Crippen LogP contribution in [0.2, 0.25) is 0 Å². The summed E-state index contributed by atoms with van der Waals surface area (Å²) in [7, 11) is 1.42. The van der Waals surface area contributed by atoms with E-state index >= 15 is 0 Å². The van der Waals surface area contributed by atoms with Gasteiger partial charge in [0.05, 0.1) is 19.1 Å². The Balaban J connectivity index is 2.20. The van der Waals surface area contributed by atoms with Gasteiger partial charge in [-0.25, -0.2) is 0 Å². The van der Waals surface area contributed by atoms with Gasteiger partial charge >= 0.3 is 0 Å². The number of aromatic hydroxyl groups is 3. The number of benzene rings is 2. The molecule has 0 fully saturated rings. The van der Waals surface area contributed by atoms with Crippen molar-refractivity contribution in [3.05, 3.63) is 68.4 Å². The fraction of sp³-hybridized carbons (Fsp3) is 0.345. The van der Waals surface area contributed by atoms with Gasteiger partial charge in [0, 0.05) is 23.3 Å². The fourth-order valence-electron chi connectivity index (χ4n) is 4.14. The summed E-state index contributed by atoms with van der Waals surface area (Å²) in [6, 6.07) is 2.62. The van der Waals surface area contributed by atoms with Crippen molar-refractivity contribution in [2.24, 2.45) is 0 Å². The predicted molar refractivity (Wildman–Crippen MR) is 142 cm³/mol. The standard InChI is InChI=1S/C29H34O7/c1-16(2)9-11-19-21(31)13-24-26(27(19)33)28(34)25-20(29(35-5)22(32)14-23(25)36-24)12-10-17(3)7-6-8-18(4)15-30/h8-10,13-14,30-33H,6-7,11-12,15H2,1-5H3/b17-10+,18-8-. The van der Waals surface area contributed by atoms with E-state index in [0.29, 0.717) is 12.0 Å². The third-order valence-corrected chi connectivity index (χ3v) is 6.20. The van der Waals surface area contributed by atoms with Gasteiger partial charge in [-0.15, -0.1) is 0 Å². The van der Waals surface area contributed by atoms with Crippen LogP contribution in [-0.2, 0) is 12.8 Å². The van der Waals surface area contributed by atoms with Crippen LogP contribution in [0.5, 0.6) is 23.0 Å². The van der Waals surface area contributed by atoms with Gasteiger partial charge in [-0.1, -0.05) is 34.9 Å². The second-order valence-electron chi connectivity index (χ2n) is 9.30. The number of phenols is 3. The molecule has 2 aromatic carbocycles. The van der Waals surface area contributed by atoms with Crippen LogP contribution in [-0.4, -0.2) is 34.1 Å². The van der Waals surface area contributed by atoms with E-state index in [1.807, 2.05) is 45.9 Å². The number of fused-ring (bicyclic) bond motifs is 2. The topological polar surface area (TPSA) is 120 Å². The second kappa shape index (κ2) is 11.4. The van der Waals surface area contributed by atoms with Crippen molar-refractivity contribution in [2.45, 2.75) is 53.4 Å². The molecule has 1 aromatic heterocycles. The Morgan fingerprint density at radius 2 is 1.53 bits per heavy atom. The van der Waals surface area contributed by atoms with Crippen LogP contribution >= 0.6 is 0 Å². The number of phenolic OH excluding ortho intramolecular Hbond substituents is 3. The van der Waals surface area contributed by atoms with E-state index in [9.17, 15) is 20.1 Å². The van der Waals surface area contributed by atoms with Gasteiger partial charge < -0.3 is 29.6 Å². The lowest BCUT2D eigenvalue weighted by atomic mass is 9.98. The monoisotopic (exact) mass is 494 g/mol. The molecule has 7 nitrogen and oxygen atoms in total. The van der Waals surface area contributed by atoms with E-state index in [1.54, 1.807) is 0 Å². The van der Waals surface area contributed by atoms with E-state index < -0.39 is 5.43 Å². The minimum Gasteiger partial charge on any atom is -0.507 e. The van der Waals surface area contributed by atoms with Gasteiger partial charge in [-0.05, 0) is 53.4 Å².